The van der Waals surface area contributed by atoms with Crippen LogP contribution in [0.3, 0.4) is 0 Å². The van der Waals surface area contributed by atoms with Crippen molar-refractivity contribution in [3.63, 3.8) is 0 Å². The quantitative estimate of drug-likeness (QED) is 0.497. The molecule has 0 aromatic heterocycles. The molecule has 7 heavy (non-hydrogen) atoms. The Hall–Kier alpha value is -0.180. The summed E-state index contributed by atoms with van der Waals surface area (Å²) in [5.74, 6) is 0. The highest BCUT2D eigenvalue weighted by molar-refractivity contribution is 8.13. The Bertz CT molecular complexity index is 202. The maximum Gasteiger partial charge on any atom is 0.156 e. The van der Waals surface area contributed by atoms with E-state index in [0.717, 1.165) is 0 Å². The number of thioether (sulfide) groups is 1. The van der Waals surface area contributed by atoms with Gasteiger partial charge in [0.25, 0.3) is 0 Å². The second-order valence-electron chi connectivity index (χ2n) is 0.983. The molecule has 0 bridgehead atoms. The van der Waals surface area contributed by atoms with Crippen LogP contribution in [0.4, 0.5) is 0 Å². The predicted octanol–water partition coefficient (Wildman–Crippen LogP) is 0.309. The Morgan fingerprint density at radius 2 is 3.00 bits per heavy atom. The van der Waals surface area contributed by atoms with Gasteiger partial charge in [-0.1, -0.05) is 11.8 Å². The van der Waals surface area contributed by atoms with E-state index in [2.05, 4.69) is 10.3 Å². The fraction of sp³-hybridized carbons (Fsp3) is 0.750. The normalized spacial score (nSPS) is 41.6. The van der Waals surface area contributed by atoms with Gasteiger partial charge in [0.2, 0.25) is 0 Å². The van der Waals surface area contributed by atoms with E-state index in [0.29, 0.717) is 5.17 Å². The Labute approximate surface area is 53.0 Å². The third kappa shape index (κ3) is 1.09. The number of nitrogens with one attached hydrogen (secondary N) is 1. The summed E-state index contributed by atoms with van der Waals surface area (Å²) < 4.78 is 28.7. The number of nitrogens with zero attached hydrogens (tertiary/aromatic N) is 1. The van der Waals surface area contributed by atoms with Gasteiger partial charge in [0.15, 0.2) is 5.17 Å². The Kier molecular flexibility index (Phi) is 0.623. The van der Waals surface area contributed by atoms with Crippen LogP contribution < -0.4 is 5.32 Å². The average molecular weight is 120 g/mol. The van der Waals surface area contributed by atoms with E-state index in [1.165, 1.54) is 11.8 Å². The van der Waals surface area contributed by atoms with Crippen LogP contribution in [-0.4, -0.2) is 24.4 Å². The molecule has 0 spiro atoms. The molecule has 1 heterocycles. The summed E-state index contributed by atoms with van der Waals surface area (Å²) in [5.41, 5.74) is 0. The van der Waals surface area contributed by atoms with Crippen molar-refractivity contribution in [1.82, 2.24) is 5.32 Å². The molecule has 0 aromatic carbocycles. The van der Waals surface area contributed by atoms with Crippen molar-refractivity contribution in [1.29, 1.82) is 0 Å². The topological polar surface area (TPSA) is 24.4 Å². The first kappa shape index (κ1) is 1.97. The predicted molar refractivity (Wildman–Crippen MR) is 33.8 cm³/mol. The second kappa shape index (κ2) is 2.21. The fourth-order valence-electron chi connectivity index (χ4n) is 0.285. The summed E-state index contributed by atoms with van der Waals surface area (Å²) in [6, 6.07) is 0. The molecule has 1 N–H and O–H groups in total. The monoisotopic (exact) mass is 120 g/mol. The fourth-order valence-corrected chi connectivity index (χ4v) is 0.575. The van der Waals surface area contributed by atoms with E-state index < -0.39 is 13.0 Å². The van der Waals surface area contributed by atoms with Crippen molar-refractivity contribution in [3.8, 4) is 0 Å². The van der Waals surface area contributed by atoms with Crippen LogP contribution in [0.1, 0.15) is 5.48 Å². The maximum absolute atomic E-state index is 7.18. The minimum atomic E-state index is -2.15. The molecule has 0 saturated heterocycles. The highest BCUT2D eigenvalue weighted by Crippen LogP contribution is 1.97. The lowest BCUT2D eigenvalue weighted by Crippen LogP contribution is -2.14. The van der Waals surface area contributed by atoms with E-state index in [-0.39, 0.29) is 0 Å². The van der Waals surface area contributed by atoms with Gasteiger partial charge in [0.05, 0.1) is 12.0 Å². The zero-order chi connectivity index (χ0) is 8.70. The SMILES string of the molecule is [2H]C1([2H])N=C(SC)NC1([2H])[2H]. The van der Waals surface area contributed by atoms with E-state index in [9.17, 15) is 0 Å². The number of aliphatic imine (C=N–C) groups is 1. The van der Waals surface area contributed by atoms with Crippen molar-refractivity contribution in [2.75, 3.05) is 19.2 Å². The molecule has 0 aliphatic carbocycles. The first-order valence-corrected chi connectivity index (χ1v) is 3.03. The van der Waals surface area contributed by atoms with Crippen LogP contribution in [0, 0.1) is 0 Å². The van der Waals surface area contributed by atoms with E-state index >= 15 is 0 Å². The van der Waals surface area contributed by atoms with Gasteiger partial charge in [-0.3, -0.25) is 4.99 Å². The van der Waals surface area contributed by atoms with Gasteiger partial charge in [-0.25, -0.2) is 0 Å². The molecule has 0 fully saturated rings. The Morgan fingerprint density at radius 1 is 2.14 bits per heavy atom. The number of hydrogen-bond donors (Lipinski definition) is 1. The van der Waals surface area contributed by atoms with Gasteiger partial charge in [-0.2, -0.15) is 0 Å². The minimum Gasteiger partial charge on any atom is -0.363 e. The summed E-state index contributed by atoms with van der Waals surface area (Å²) >= 11 is 1.20. The van der Waals surface area contributed by atoms with Gasteiger partial charge < -0.3 is 5.32 Å². The molecular weight excluding hydrogens is 108 g/mol. The van der Waals surface area contributed by atoms with Crippen molar-refractivity contribution in [2.24, 2.45) is 4.99 Å². The summed E-state index contributed by atoms with van der Waals surface area (Å²) in [5, 5.41) is 2.65. The molecule has 0 unspecified atom stereocenters. The molecule has 1 aliphatic rings. The molecule has 40 valence electrons. The van der Waals surface area contributed by atoms with Crippen molar-refractivity contribution >= 4 is 16.9 Å². The zero-order valence-electron chi connectivity index (χ0n) is 7.86. The van der Waals surface area contributed by atoms with Crippen molar-refractivity contribution in [2.45, 2.75) is 0 Å². The highest BCUT2D eigenvalue weighted by atomic mass is 32.2. The van der Waals surface area contributed by atoms with Gasteiger partial charge in [0.1, 0.15) is 0 Å². The second-order valence-corrected chi connectivity index (χ2v) is 1.78. The van der Waals surface area contributed by atoms with Gasteiger partial charge in [-0.05, 0) is 6.26 Å². The number of rotatable bonds is 0. The lowest BCUT2D eigenvalue weighted by Gasteiger charge is -1.91. The van der Waals surface area contributed by atoms with Gasteiger partial charge in [-0.15, -0.1) is 0 Å². The molecule has 0 amide bonds. The van der Waals surface area contributed by atoms with E-state index in [4.69, 9.17) is 5.48 Å². The number of amidine groups is 1. The van der Waals surface area contributed by atoms with Crippen LogP contribution in [0.2, 0.25) is 0 Å². The largest absolute Gasteiger partial charge is 0.363 e. The lowest BCUT2D eigenvalue weighted by atomic mass is 10.7. The molecule has 0 atom stereocenters. The Morgan fingerprint density at radius 3 is 3.29 bits per heavy atom. The number of hydrogen-bond acceptors (Lipinski definition) is 3. The van der Waals surface area contributed by atoms with E-state index in [1.54, 1.807) is 6.26 Å². The minimum absolute atomic E-state index is 0.306. The molecule has 0 aromatic rings. The van der Waals surface area contributed by atoms with E-state index in [1.807, 2.05) is 0 Å². The first-order valence-electron chi connectivity index (χ1n) is 3.81. The van der Waals surface area contributed by atoms with Crippen molar-refractivity contribution in [3.05, 3.63) is 0 Å². The summed E-state index contributed by atoms with van der Waals surface area (Å²) in [6.07, 6.45) is 1.71. The van der Waals surface area contributed by atoms with Crippen LogP contribution in [0.25, 0.3) is 0 Å². The molecule has 0 radical (unpaired) electrons. The van der Waals surface area contributed by atoms with Gasteiger partial charge >= 0.3 is 0 Å². The first-order chi connectivity index (χ1) is 4.89. The molecule has 1 aliphatic heterocycles. The molecule has 2 nitrogen and oxygen atoms in total. The summed E-state index contributed by atoms with van der Waals surface area (Å²) in [7, 11) is 0. The smallest absolute Gasteiger partial charge is 0.156 e. The standard InChI is InChI=1S/C4H8N2S/c1-7-4-5-2-3-6-4/h2-3H2,1H3,(H,5,6)/i2D2,3D2. The van der Waals surface area contributed by atoms with Crippen LogP contribution in [0.15, 0.2) is 4.99 Å². The highest BCUT2D eigenvalue weighted by Gasteiger charge is 1.99. The lowest BCUT2D eigenvalue weighted by molar-refractivity contribution is 0.963. The molecule has 0 saturated carbocycles. The molecule has 1 rings (SSSR count). The third-order valence-corrected chi connectivity index (χ3v) is 1.16. The summed E-state index contributed by atoms with van der Waals surface area (Å²) in [6.45, 7) is -4.23. The van der Waals surface area contributed by atoms with Crippen LogP contribution in [-0.2, 0) is 0 Å². The molecule has 3 heteroatoms. The summed E-state index contributed by atoms with van der Waals surface area (Å²) in [4.78, 5) is 3.52. The molecular formula is C4H8N2S. The Balaban J connectivity index is 2.87. The maximum atomic E-state index is 7.18. The zero-order valence-corrected chi connectivity index (χ0v) is 4.67. The van der Waals surface area contributed by atoms with Gasteiger partial charge in [0, 0.05) is 6.50 Å². The average Bonchev–Trinajstić information content (AvgIpc) is 2.03. The van der Waals surface area contributed by atoms with Crippen molar-refractivity contribution < 1.29 is 5.48 Å². The van der Waals surface area contributed by atoms with Crippen LogP contribution in [0.5, 0.6) is 0 Å². The third-order valence-electron chi connectivity index (χ3n) is 0.576. The van der Waals surface area contributed by atoms with Crippen LogP contribution >= 0.6 is 11.8 Å².